The second kappa shape index (κ2) is 22.3. The molecule has 0 aromatic carbocycles. The number of nitrogens with one attached hydrogen (secondary N) is 1. The molecule has 194 valence electrons. The number of nitrogens with two attached hydrogens (primary N) is 1. The van der Waals surface area contributed by atoms with Gasteiger partial charge < -0.3 is 47.1 Å². The van der Waals surface area contributed by atoms with Gasteiger partial charge in [-0.3, -0.25) is 4.79 Å². The summed E-state index contributed by atoms with van der Waals surface area (Å²) in [6.45, 7) is 3.02. The number of carbonyl (C=O) groups is 1. The minimum atomic E-state index is -2.45. The van der Waals surface area contributed by atoms with Crippen molar-refractivity contribution in [3.63, 3.8) is 0 Å². The molecule has 0 fully saturated rings. The van der Waals surface area contributed by atoms with E-state index in [1.54, 1.807) is 49.8 Å². The Hall–Kier alpha value is -0.456. The Morgan fingerprint density at radius 1 is 0.719 bits per heavy atom. The molecule has 0 amide bonds. The second-order valence-electron chi connectivity index (χ2n) is 6.65. The Bertz CT molecular complexity index is 413. The first-order chi connectivity index (χ1) is 15.4. The quantitative estimate of drug-likeness (QED) is 0.141. The molecule has 0 aliphatic carbocycles. The van der Waals surface area contributed by atoms with E-state index in [9.17, 15) is 4.79 Å². The smallest absolute Gasteiger partial charge is 0.463 e. The number of hydrogen-bond donors (Lipinski definition) is 2. The number of ether oxygens (including phenoxy) is 2. The number of carbonyl (C=O) groups excluding carboxylic acids is 1. The molecule has 0 atom stereocenters. The molecule has 0 aromatic rings. The zero-order valence-electron chi connectivity index (χ0n) is 21.0. The average Bonchev–Trinajstić information content (AvgIpc) is 2.83. The van der Waals surface area contributed by atoms with Crippen LogP contribution in [0.5, 0.6) is 0 Å². The van der Waals surface area contributed by atoms with Crippen LogP contribution in [0.25, 0.3) is 0 Å². The maximum absolute atomic E-state index is 11.3. The van der Waals surface area contributed by atoms with Crippen molar-refractivity contribution in [3.8, 4) is 0 Å². The van der Waals surface area contributed by atoms with Gasteiger partial charge in [0.1, 0.15) is 6.61 Å². The Morgan fingerprint density at radius 2 is 1.19 bits per heavy atom. The highest BCUT2D eigenvalue weighted by Crippen LogP contribution is 2.14. The van der Waals surface area contributed by atoms with E-state index >= 15 is 0 Å². The highest BCUT2D eigenvalue weighted by molar-refractivity contribution is 6.60. The molecule has 3 N–H and O–H groups in total. The topological polar surface area (TPSA) is 129 Å². The molecule has 0 spiro atoms. The summed E-state index contributed by atoms with van der Waals surface area (Å²) in [7, 11) is 6.47. The van der Waals surface area contributed by atoms with E-state index in [2.05, 4.69) is 5.32 Å². The lowest BCUT2D eigenvalue weighted by Gasteiger charge is -2.24. The average molecular weight is 503 g/mol. The van der Waals surface area contributed by atoms with Crippen molar-refractivity contribution in [2.24, 2.45) is 5.73 Å². The van der Waals surface area contributed by atoms with Crippen LogP contribution in [0.3, 0.4) is 0 Å². The van der Waals surface area contributed by atoms with E-state index < -0.39 is 17.6 Å². The molecule has 0 aliphatic rings. The standard InChI is InChI=1S/C13H29NO6Si.C6H17NO3Si/c1-16-10-11-20-13(15)7-5-8-14-9-6-12-21(17-2,18-3)19-4;1-8-11(9-2,10-3)6-4-5-7/h14H,5-12H2,1-4H3;4-7H2,1-3H3. The van der Waals surface area contributed by atoms with Crippen molar-refractivity contribution in [1.29, 1.82) is 0 Å². The van der Waals surface area contributed by atoms with E-state index in [-0.39, 0.29) is 5.97 Å². The van der Waals surface area contributed by atoms with Gasteiger partial charge in [0, 0.05) is 68.3 Å². The van der Waals surface area contributed by atoms with Crippen molar-refractivity contribution in [3.05, 3.63) is 0 Å². The van der Waals surface area contributed by atoms with Crippen LogP contribution in [-0.4, -0.2) is 106 Å². The summed E-state index contributed by atoms with van der Waals surface area (Å²) in [6.07, 6.45) is 2.96. The molecule has 0 saturated heterocycles. The molecule has 0 bridgehead atoms. The van der Waals surface area contributed by atoms with Crippen LogP contribution in [-0.2, 0) is 40.8 Å². The summed E-state index contributed by atoms with van der Waals surface area (Å²) in [5.74, 6) is -0.182. The molecule has 0 heterocycles. The van der Waals surface area contributed by atoms with E-state index in [0.717, 1.165) is 44.4 Å². The van der Waals surface area contributed by atoms with Crippen LogP contribution < -0.4 is 11.1 Å². The molecule has 0 rings (SSSR count). The monoisotopic (exact) mass is 502 g/mol. The molecule has 0 aromatic heterocycles. The highest BCUT2D eigenvalue weighted by Gasteiger charge is 2.37. The highest BCUT2D eigenvalue weighted by atomic mass is 28.4. The summed E-state index contributed by atoms with van der Waals surface area (Å²) in [6, 6.07) is 1.55. The zero-order valence-corrected chi connectivity index (χ0v) is 23.0. The van der Waals surface area contributed by atoms with E-state index in [4.69, 9.17) is 41.8 Å². The van der Waals surface area contributed by atoms with Crippen molar-refractivity contribution in [1.82, 2.24) is 5.32 Å². The minimum Gasteiger partial charge on any atom is -0.463 e. The largest absolute Gasteiger partial charge is 0.500 e. The van der Waals surface area contributed by atoms with Crippen LogP contribution >= 0.6 is 0 Å². The van der Waals surface area contributed by atoms with Gasteiger partial charge in [0.15, 0.2) is 0 Å². The Balaban J connectivity index is 0. The van der Waals surface area contributed by atoms with Gasteiger partial charge in [-0.2, -0.15) is 0 Å². The molecular weight excluding hydrogens is 456 g/mol. The normalized spacial score (nSPS) is 11.8. The Kier molecular flexibility index (Phi) is 23.5. The molecule has 0 radical (unpaired) electrons. The van der Waals surface area contributed by atoms with Crippen LogP contribution in [0, 0.1) is 0 Å². The Labute approximate surface area is 196 Å². The van der Waals surface area contributed by atoms with Crippen molar-refractivity contribution in [2.45, 2.75) is 37.8 Å². The predicted molar refractivity (Wildman–Crippen MR) is 126 cm³/mol. The third-order valence-electron chi connectivity index (χ3n) is 4.67. The molecular formula is C19H46N2O9Si2. The van der Waals surface area contributed by atoms with Gasteiger partial charge >= 0.3 is 23.6 Å². The van der Waals surface area contributed by atoms with E-state index in [1.165, 1.54) is 0 Å². The van der Waals surface area contributed by atoms with E-state index in [1.807, 2.05) is 0 Å². The van der Waals surface area contributed by atoms with Crippen molar-refractivity contribution < 1.29 is 40.8 Å². The maximum Gasteiger partial charge on any atom is 0.500 e. The third-order valence-corrected chi connectivity index (χ3v) is 10.3. The van der Waals surface area contributed by atoms with Crippen molar-refractivity contribution >= 4 is 23.6 Å². The van der Waals surface area contributed by atoms with Gasteiger partial charge in [0.2, 0.25) is 0 Å². The van der Waals surface area contributed by atoms with E-state index in [0.29, 0.717) is 26.2 Å². The first kappa shape index (κ1) is 33.7. The molecule has 0 aliphatic heterocycles. The number of hydrogen-bond acceptors (Lipinski definition) is 11. The third kappa shape index (κ3) is 16.2. The fourth-order valence-electron chi connectivity index (χ4n) is 2.65. The van der Waals surface area contributed by atoms with Gasteiger partial charge in [-0.1, -0.05) is 0 Å². The van der Waals surface area contributed by atoms with Crippen LogP contribution in [0.2, 0.25) is 12.1 Å². The van der Waals surface area contributed by atoms with Crippen LogP contribution in [0.4, 0.5) is 0 Å². The summed E-state index contributed by atoms with van der Waals surface area (Å²) in [5.41, 5.74) is 5.36. The lowest BCUT2D eigenvalue weighted by molar-refractivity contribution is -0.144. The minimum absolute atomic E-state index is 0.182. The van der Waals surface area contributed by atoms with Crippen LogP contribution in [0.15, 0.2) is 0 Å². The lowest BCUT2D eigenvalue weighted by atomic mass is 10.3. The van der Waals surface area contributed by atoms with Crippen molar-refractivity contribution in [2.75, 3.05) is 82.6 Å². The predicted octanol–water partition coefficient (Wildman–Crippen LogP) is 1.03. The molecule has 13 heteroatoms. The first-order valence-corrected chi connectivity index (χ1v) is 14.6. The Morgan fingerprint density at radius 3 is 1.62 bits per heavy atom. The van der Waals surface area contributed by atoms with Gasteiger partial charge in [-0.05, 0) is 38.9 Å². The number of esters is 1. The van der Waals surface area contributed by atoms with Gasteiger partial charge in [-0.25, -0.2) is 0 Å². The fourth-order valence-corrected chi connectivity index (χ4v) is 6.13. The summed E-state index contributed by atoms with van der Waals surface area (Å²) in [5, 5.41) is 3.28. The first-order valence-electron chi connectivity index (χ1n) is 10.7. The molecule has 0 unspecified atom stereocenters. The SMILES string of the molecule is COCCOC(=O)CCCNCCC[Si](OC)(OC)OC.CO[Si](CCCN)(OC)OC. The number of rotatable bonds is 20. The molecule has 32 heavy (non-hydrogen) atoms. The lowest BCUT2D eigenvalue weighted by Crippen LogP contribution is -2.43. The van der Waals surface area contributed by atoms with Crippen LogP contribution in [0.1, 0.15) is 25.7 Å². The van der Waals surface area contributed by atoms with Gasteiger partial charge in [-0.15, -0.1) is 0 Å². The number of methoxy groups -OCH3 is 1. The summed E-state index contributed by atoms with van der Waals surface area (Å²) < 4.78 is 41.3. The summed E-state index contributed by atoms with van der Waals surface area (Å²) >= 11 is 0. The second-order valence-corrected chi connectivity index (χ2v) is 12.8. The summed E-state index contributed by atoms with van der Waals surface area (Å²) in [4.78, 5) is 11.3. The van der Waals surface area contributed by atoms with Gasteiger partial charge in [0.05, 0.1) is 6.61 Å². The molecule has 11 nitrogen and oxygen atoms in total. The maximum atomic E-state index is 11.3. The zero-order chi connectivity index (χ0) is 24.7. The molecule has 0 saturated carbocycles. The fraction of sp³-hybridized carbons (Fsp3) is 0.947. The van der Waals surface area contributed by atoms with Gasteiger partial charge in [0.25, 0.3) is 0 Å².